The highest BCUT2D eigenvalue weighted by atomic mass is 15.2. The Hall–Kier alpha value is -1.78. The first-order valence-corrected chi connectivity index (χ1v) is 8.09. The molecule has 0 spiro atoms. The van der Waals surface area contributed by atoms with Crippen LogP contribution in [0.15, 0.2) is 49.1 Å². The minimum absolute atomic E-state index is 0.832. The van der Waals surface area contributed by atoms with Crippen molar-refractivity contribution in [2.24, 2.45) is 11.8 Å². The lowest BCUT2D eigenvalue weighted by Crippen LogP contribution is -2.28. The van der Waals surface area contributed by atoms with Crippen LogP contribution in [0.1, 0.15) is 11.1 Å². The molecule has 4 heterocycles. The van der Waals surface area contributed by atoms with Crippen molar-refractivity contribution in [1.29, 1.82) is 0 Å². The Labute approximate surface area is 131 Å². The molecule has 114 valence electrons. The summed E-state index contributed by atoms with van der Waals surface area (Å²) in [6, 6.07) is 8.46. The van der Waals surface area contributed by atoms with Crippen molar-refractivity contribution in [1.82, 2.24) is 19.8 Å². The molecule has 0 saturated carbocycles. The van der Waals surface area contributed by atoms with Gasteiger partial charge in [-0.3, -0.25) is 19.8 Å². The van der Waals surface area contributed by atoms with Gasteiger partial charge in [-0.1, -0.05) is 6.07 Å². The zero-order valence-electron chi connectivity index (χ0n) is 12.8. The van der Waals surface area contributed by atoms with Crippen LogP contribution in [0.5, 0.6) is 0 Å². The molecule has 4 rings (SSSR count). The van der Waals surface area contributed by atoms with Gasteiger partial charge in [0.2, 0.25) is 0 Å². The van der Waals surface area contributed by atoms with Crippen LogP contribution in [0.3, 0.4) is 0 Å². The van der Waals surface area contributed by atoms with E-state index in [0.29, 0.717) is 0 Å². The predicted octanol–water partition coefficient (Wildman–Crippen LogP) is 2.04. The lowest BCUT2D eigenvalue weighted by atomic mass is 10.0. The van der Waals surface area contributed by atoms with Gasteiger partial charge < -0.3 is 0 Å². The fourth-order valence-corrected chi connectivity index (χ4v) is 3.94. The Kier molecular flexibility index (Phi) is 3.87. The van der Waals surface area contributed by atoms with Crippen LogP contribution in [0.25, 0.3) is 0 Å². The highest BCUT2D eigenvalue weighted by Gasteiger charge is 2.39. The van der Waals surface area contributed by atoms with Gasteiger partial charge in [-0.25, -0.2) is 0 Å². The SMILES string of the molecule is c1cncc(CN2CC3CN(Cc4ccncc4)CC3C2)c1. The van der Waals surface area contributed by atoms with Crippen LogP contribution in [0.2, 0.25) is 0 Å². The quantitative estimate of drug-likeness (QED) is 0.864. The first-order chi connectivity index (χ1) is 10.9. The molecule has 2 atom stereocenters. The molecule has 2 aromatic rings. The molecule has 0 N–H and O–H groups in total. The summed E-state index contributed by atoms with van der Waals surface area (Å²) >= 11 is 0. The van der Waals surface area contributed by atoms with Gasteiger partial charge in [0, 0.05) is 64.1 Å². The van der Waals surface area contributed by atoms with Gasteiger partial charge in [-0.05, 0) is 41.2 Å². The smallest absolute Gasteiger partial charge is 0.0312 e. The van der Waals surface area contributed by atoms with Crippen molar-refractivity contribution < 1.29 is 0 Å². The molecule has 4 nitrogen and oxygen atoms in total. The fraction of sp³-hybridized carbons (Fsp3) is 0.444. The molecular formula is C18H22N4. The third-order valence-electron chi connectivity index (χ3n) is 4.92. The van der Waals surface area contributed by atoms with E-state index in [1.165, 1.54) is 37.3 Å². The Morgan fingerprint density at radius 1 is 0.773 bits per heavy atom. The van der Waals surface area contributed by atoms with E-state index in [1.54, 1.807) is 0 Å². The van der Waals surface area contributed by atoms with Crippen LogP contribution in [0.4, 0.5) is 0 Å². The molecular weight excluding hydrogens is 272 g/mol. The standard InChI is InChI=1S/C18H22N4/c1-2-16(8-20-5-1)10-22-13-17-11-21(12-18(17)14-22)9-15-3-6-19-7-4-15/h1-8,17-18H,9-14H2. The molecule has 22 heavy (non-hydrogen) atoms. The largest absolute Gasteiger partial charge is 0.298 e. The van der Waals surface area contributed by atoms with E-state index in [2.05, 4.69) is 38.0 Å². The van der Waals surface area contributed by atoms with Crippen molar-refractivity contribution in [3.05, 3.63) is 60.2 Å². The second-order valence-electron chi connectivity index (χ2n) is 6.63. The number of fused-ring (bicyclic) bond motifs is 1. The van der Waals surface area contributed by atoms with Gasteiger partial charge in [-0.15, -0.1) is 0 Å². The molecule has 2 fully saturated rings. The highest BCUT2D eigenvalue weighted by Crippen LogP contribution is 2.32. The lowest BCUT2D eigenvalue weighted by molar-refractivity contribution is 0.246. The van der Waals surface area contributed by atoms with E-state index in [9.17, 15) is 0 Å². The molecule has 0 amide bonds. The summed E-state index contributed by atoms with van der Waals surface area (Å²) < 4.78 is 0. The maximum absolute atomic E-state index is 4.22. The number of nitrogens with zero attached hydrogens (tertiary/aromatic N) is 4. The number of hydrogen-bond acceptors (Lipinski definition) is 4. The fourth-order valence-electron chi connectivity index (χ4n) is 3.94. The molecule has 2 aromatic heterocycles. The first kappa shape index (κ1) is 13.9. The summed E-state index contributed by atoms with van der Waals surface area (Å²) in [6.07, 6.45) is 7.62. The molecule has 0 radical (unpaired) electrons. The van der Waals surface area contributed by atoms with Gasteiger partial charge in [0.15, 0.2) is 0 Å². The predicted molar refractivity (Wildman–Crippen MR) is 86.0 cm³/mol. The van der Waals surface area contributed by atoms with Crippen LogP contribution in [-0.2, 0) is 13.1 Å². The minimum atomic E-state index is 0.832. The summed E-state index contributed by atoms with van der Waals surface area (Å²) in [5.74, 6) is 1.66. The zero-order chi connectivity index (χ0) is 14.8. The molecule has 2 aliphatic rings. The maximum Gasteiger partial charge on any atom is 0.0312 e. The molecule has 4 heteroatoms. The van der Waals surface area contributed by atoms with Crippen LogP contribution in [0, 0.1) is 11.8 Å². The first-order valence-electron chi connectivity index (χ1n) is 8.09. The van der Waals surface area contributed by atoms with Crippen molar-refractivity contribution in [2.45, 2.75) is 13.1 Å². The third kappa shape index (κ3) is 3.03. The number of hydrogen-bond donors (Lipinski definition) is 0. The van der Waals surface area contributed by atoms with Gasteiger partial charge in [0.05, 0.1) is 0 Å². The van der Waals surface area contributed by atoms with Crippen LogP contribution < -0.4 is 0 Å². The molecule has 2 unspecified atom stereocenters. The van der Waals surface area contributed by atoms with Crippen molar-refractivity contribution in [3.8, 4) is 0 Å². The van der Waals surface area contributed by atoms with Gasteiger partial charge in [0.1, 0.15) is 0 Å². The Bertz CT molecular complexity index is 533. The summed E-state index contributed by atoms with van der Waals surface area (Å²) in [6.45, 7) is 7.04. The maximum atomic E-state index is 4.22. The molecule has 2 aliphatic heterocycles. The van der Waals surface area contributed by atoms with E-state index in [4.69, 9.17) is 0 Å². The Morgan fingerprint density at radius 3 is 2.00 bits per heavy atom. The summed E-state index contributed by atoms with van der Waals surface area (Å²) in [5.41, 5.74) is 2.71. The summed E-state index contributed by atoms with van der Waals surface area (Å²) in [5, 5.41) is 0. The van der Waals surface area contributed by atoms with Crippen LogP contribution >= 0.6 is 0 Å². The normalized spacial score (nSPS) is 25.5. The number of likely N-dealkylation sites (tertiary alicyclic amines) is 2. The zero-order valence-corrected chi connectivity index (χ0v) is 12.8. The number of pyridine rings is 2. The summed E-state index contributed by atoms with van der Waals surface area (Å²) in [7, 11) is 0. The molecule has 0 aromatic carbocycles. The molecule has 0 bridgehead atoms. The van der Waals surface area contributed by atoms with E-state index < -0.39 is 0 Å². The Morgan fingerprint density at radius 2 is 1.41 bits per heavy atom. The minimum Gasteiger partial charge on any atom is -0.298 e. The number of aromatic nitrogens is 2. The van der Waals surface area contributed by atoms with E-state index in [-0.39, 0.29) is 0 Å². The molecule has 0 aliphatic carbocycles. The monoisotopic (exact) mass is 294 g/mol. The topological polar surface area (TPSA) is 32.3 Å². The average Bonchev–Trinajstić information content (AvgIpc) is 3.07. The van der Waals surface area contributed by atoms with E-state index in [0.717, 1.165) is 24.9 Å². The van der Waals surface area contributed by atoms with Crippen molar-refractivity contribution >= 4 is 0 Å². The Balaban J connectivity index is 1.31. The lowest BCUT2D eigenvalue weighted by Gasteiger charge is -2.21. The number of rotatable bonds is 4. The second-order valence-corrected chi connectivity index (χ2v) is 6.63. The van der Waals surface area contributed by atoms with Crippen molar-refractivity contribution in [2.75, 3.05) is 26.2 Å². The summed E-state index contributed by atoms with van der Waals surface area (Å²) in [4.78, 5) is 13.5. The second kappa shape index (κ2) is 6.15. The highest BCUT2D eigenvalue weighted by molar-refractivity contribution is 5.11. The van der Waals surface area contributed by atoms with Gasteiger partial charge in [0.25, 0.3) is 0 Å². The van der Waals surface area contributed by atoms with E-state index in [1.807, 2.05) is 30.9 Å². The van der Waals surface area contributed by atoms with E-state index >= 15 is 0 Å². The molecule has 2 saturated heterocycles. The van der Waals surface area contributed by atoms with Gasteiger partial charge >= 0.3 is 0 Å². The van der Waals surface area contributed by atoms with Crippen LogP contribution in [-0.4, -0.2) is 45.9 Å². The van der Waals surface area contributed by atoms with Gasteiger partial charge in [-0.2, -0.15) is 0 Å². The average molecular weight is 294 g/mol. The third-order valence-corrected chi connectivity index (χ3v) is 4.92. The van der Waals surface area contributed by atoms with Crippen molar-refractivity contribution in [3.63, 3.8) is 0 Å².